The normalized spacial score (nSPS) is 11.9. The molecule has 2 aromatic rings. The van der Waals surface area contributed by atoms with Gasteiger partial charge in [0.15, 0.2) is 0 Å². The third kappa shape index (κ3) is 4.21. The largest absolute Gasteiger partial charge is 0.460 e. The molecule has 0 radical (unpaired) electrons. The number of aryl methyl sites for hydroxylation is 1. The summed E-state index contributed by atoms with van der Waals surface area (Å²) >= 11 is 0. The van der Waals surface area contributed by atoms with Crippen molar-refractivity contribution < 1.29 is 9.53 Å². The zero-order valence-corrected chi connectivity index (χ0v) is 11.6. The Hall–Kier alpha value is -2.13. The molecule has 2 N–H and O–H groups in total. The Labute approximate surface area is 119 Å². The predicted molar refractivity (Wildman–Crippen MR) is 79.1 cm³/mol. The zero-order valence-electron chi connectivity index (χ0n) is 11.6. The van der Waals surface area contributed by atoms with E-state index in [-0.39, 0.29) is 12.6 Å². The number of carbonyl (C=O) groups is 1. The lowest BCUT2D eigenvalue weighted by molar-refractivity contribution is -0.146. The first-order valence-electron chi connectivity index (χ1n) is 6.67. The van der Waals surface area contributed by atoms with Gasteiger partial charge in [-0.2, -0.15) is 0 Å². The standard InChI is InChI=1S/C17H19NO2/c1-13-7-9-14(10-8-13)11-16(18)17(19)20-12-15-5-3-2-4-6-15/h2-10,16H,11-12,18H2,1H3/t16-/m0/s1. The van der Waals surface area contributed by atoms with Crippen molar-refractivity contribution in [2.24, 2.45) is 5.73 Å². The summed E-state index contributed by atoms with van der Waals surface area (Å²) in [7, 11) is 0. The van der Waals surface area contributed by atoms with Crippen LogP contribution in [0.15, 0.2) is 54.6 Å². The summed E-state index contributed by atoms with van der Waals surface area (Å²) in [6.45, 7) is 2.29. The van der Waals surface area contributed by atoms with Crippen molar-refractivity contribution in [3.63, 3.8) is 0 Å². The molecule has 0 aromatic heterocycles. The molecular formula is C17H19NO2. The molecule has 104 valence electrons. The highest BCUT2D eigenvalue weighted by molar-refractivity contribution is 5.75. The average Bonchev–Trinajstić information content (AvgIpc) is 2.48. The van der Waals surface area contributed by atoms with Gasteiger partial charge in [0.25, 0.3) is 0 Å². The van der Waals surface area contributed by atoms with Gasteiger partial charge in [-0.1, -0.05) is 60.2 Å². The summed E-state index contributed by atoms with van der Waals surface area (Å²) < 4.78 is 5.22. The molecule has 3 nitrogen and oxygen atoms in total. The van der Waals surface area contributed by atoms with Gasteiger partial charge in [-0.3, -0.25) is 4.79 Å². The molecule has 0 aliphatic rings. The van der Waals surface area contributed by atoms with Gasteiger partial charge in [0.2, 0.25) is 0 Å². The number of esters is 1. The minimum atomic E-state index is -0.624. The quantitative estimate of drug-likeness (QED) is 0.849. The molecule has 0 saturated carbocycles. The van der Waals surface area contributed by atoms with Gasteiger partial charge in [-0.25, -0.2) is 0 Å². The van der Waals surface area contributed by atoms with Crippen molar-refractivity contribution in [1.29, 1.82) is 0 Å². The van der Waals surface area contributed by atoms with Crippen molar-refractivity contribution in [3.05, 3.63) is 71.3 Å². The van der Waals surface area contributed by atoms with Gasteiger partial charge in [0.05, 0.1) is 0 Å². The van der Waals surface area contributed by atoms with E-state index in [0.29, 0.717) is 6.42 Å². The number of ether oxygens (including phenoxy) is 1. The molecule has 0 aliphatic carbocycles. The Balaban J connectivity index is 1.84. The van der Waals surface area contributed by atoms with E-state index in [1.807, 2.05) is 61.5 Å². The van der Waals surface area contributed by atoms with Crippen LogP contribution in [0.25, 0.3) is 0 Å². The van der Waals surface area contributed by atoms with Crippen molar-refractivity contribution in [1.82, 2.24) is 0 Å². The van der Waals surface area contributed by atoms with Crippen LogP contribution in [0.2, 0.25) is 0 Å². The van der Waals surface area contributed by atoms with Crippen molar-refractivity contribution in [2.45, 2.75) is 26.0 Å². The highest BCUT2D eigenvalue weighted by Crippen LogP contribution is 2.07. The lowest BCUT2D eigenvalue weighted by Crippen LogP contribution is -2.34. The van der Waals surface area contributed by atoms with Crippen LogP contribution in [0.1, 0.15) is 16.7 Å². The van der Waals surface area contributed by atoms with E-state index in [2.05, 4.69) is 0 Å². The van der Waals surface area contributed by atoms with Crippen LogP contribution < -0.4 is 5.73 Å². The van der Waals surface area contributed by atoms with Crippen LogP contribution in [0, 0.1) is 6.92 Å². The van der Waals surface area contributed by atoms with E-state index >= 15 is 0 Å². The second-order valence-electron chi connectivity index (χ2n) is 4.89. The average molecular weight is 269 g/mol. The molecule has 0 fully saturated rings. The number of rotatable bonds is 5. The molecule has 2 rings (SSSR count). The molecule has 0 bridgehead atoms. The molecule has 0 amide bonds. The van der Waals surface area contributed by atoms with Crippen molar-refractivity contribution in [2.75, 3.05) is 0 Å². The molecule has 0 unspecified atom stereocenters. The van der Waals surface area contributed by atoms with Crippen LogP contribution in [0.4, 0.5) is 0 Å². The molecule has 0 heterocycles. The summed E-state index contributed by atoms with van der Waals surface area (Å²) in [5, 5.41) is 0. The van der Waals surface area contributed by atoms with Gasteiger partial charge in [-0.05, 0) is 24.5 Å². The fourth-order valence-corrected chi connectivity index (χ4v) is 1.90. The van der Waals surface area contributed by atoms with Crippen LogP contribution in [-0.2, 0) is 22.6 Å². The molecule has 3 heteroatoms. The summed E-state index contributed by atoms with van der Waals surface area (Å²) in [5.41, 5.74) is 9.07. The fraction of sp³-hybridized carbons (Fsp3) is 0.235. The first kappa shape index (κ1) is 14.3. The second-order valence-corrected chi connectivity index (χ2v) is 4.89. The SMILES string of the molecule is Cc1ccc(C[C@H](N)C(=O)OCc2ccccc2)cc1. The van der Waals surface area contributed by atoms with Gasteiger partial charge >= 0.3 is 5.97 Å². The fourth-order valence-electron chi connectivity index (χ4n) is 1.90. The van der Waals surface area contributed by atoms with Gasteiger partial charge in [0.1, 0.15) is 12.6 Å². The van der Waals surface area contributed by atoms with E-state index < -0.39 is 6.04 Å². The Morgan fingerprint density at radius 1 is 1.05 bits per heavy atom. The Morgan fingerprint density at radius 2 is 1.70 bits per heavy atom. The summed E-state index contributed by atoms with van der Waals surface area (Å²) in [4.78, 5) is 11.8. The zero-order chi connectivity index (χ0) is 14.4. The van der Waals surface area contributed by atoms with Crippen LogP contribution >= 0.6 is 0 Å². The monoisotopic (exact) mass is 269 g/mol. The highest BCUT2D eigenvalue weighted by atomic mass is 16.5. The minimum absolute atomic E-state index is 0.265. The lowest BCUT2D eigenvalue weighted by Gasteiger charge is -2.12. The number of nitrogens with two attached hydrogens (primary N) is 1. The number of hydrogen-bond donors (Lipinski definition) is 1. The first-order valence-corrected chi connectivity index (χ1v) is 6.67. The smallest absolute Gasteiger partial charge is 0.323 e. The van der Waals surface area contributed by atoms with E-state index in [9.17, 15) is 4.79 Å². The summed E-state index contributed by atoms with van der Waals surface area (Å²) in [5.74, 6) is -0.366. The number of hydrogen-bond acceptors (Lipinski definition) is 3. The molecule has 20 heavy (non-hydrogen) atoms. The van der Waals surface area contributed by atoms with Gasteiger partial charge in [-0.15, -0.1) is 0 Å². The first-order chi connectivity index (χ1) is 9.65. The minimum Gasteiger partial charge on any atom is -0.460 e. The van der Waals surface area contributed by atoms with Crippen LogP contribution in [0.3, 0.4) is 0 Å². The predicted octanol–water partition coefficient (Wildman–Crippen LogP) is 2.61. The maximum Gasteiger partial charge on any atom is 0.323 e. The Morgan fingerprint density at radius 3 is 2.35 bits per heavy atom. The lowest BCUT2D eigenvalue weighted by atomic mass is 10.1. The number of carbonyl (C=O) groups excluding carboxylic acids is 1. The van der Waals surface area contributed by atoms with E-state index in [1.54, 1.807) is 0 Å². The molecule has 0 aliphatic heterocycles. The van der Waals surface area contributed by atoms with Crippen molar-refractivity contribution in [3.8, 4) is 0 Å². The van der Waals surface area contributed by atoms with Crippen molar-refractivity contribution >= 4 is 5.97 Å². The topological polar surface area (TPSA) is 52.3 Å². The third-order valence-corrected chi connectivity index (χ3v) is 3.10. The molecule has 0 spiro atoms. The Kier molecular flexibility index (Phi) is 4.91. The van der Waals surface area contributed by atoms with Crippen LogP contribution in [-0.4, -0.2) is 12.0 Å². The van der Waals surface area contributed by atoms with E-state index in [0.717, 1.165) is 11.1 Å². The molecule has 1 atom stereocenters. The van der Waals surface area contributed by atoms with E-state index in [4.69, 9.17) is 10.5 Å². The molecular weight excluding hydrogens is 250 g/mol. The van der Waals surface area contributed by atoms with E-state index in [1.165, 1.54) is 5.56 Å². The highest BCUT2D eigenvalue weighted by Gasteiger charge is 2.15. The van der Waals surface area contributed by atoms with Gasteiger partial charge in [0, 0.05) is 0 Å². The molecule has 2 aromatic carbocycles. The summed E-state index contributed by atoms with van der Waals surface area (Å²) in [6, 6.07) is 17.0. The third-order valence-electron chi connectivity index (χ3n) is 3.10. The number of benzene rings is 2. The maximum atomic E-state index is 11.8. The van der Waals surface area contributed by atoms with Gasteiger partial charge < -0.3 is 10.5 Å². The Bertz CT molecular complexity index is 549. The maximum absolute atomic E-state index is 11.8. The molecule has 0 saturated heterocycles. The second kappa shape index (κ2) is 6.87. The van der Waals surface area contributed by atoms with Crippen LogP contribution in [0.5, 0.6) is 0 Å². The summed E-state index contributed by atoms with van der Waals surface area (Å²) in [6.07, 6.45) is 0.494.